The molecule has 1 spiro atoms. The van der Waals surface area contributed by atoms with Crippen LogP contribution in [-0.2, 0) is 25.7 Å². The van der Waals surface area contributed by atoms with E-state index in [1.165, 1.54) is 4.57 Å². The Morgan fingerprint density at radius 2 is 1.76 bits per heavy atom. The summed E-state index contributed by atoms with van der Waals surface area (Å²) in [4.78, 5) is 47.0. The fourth-order valence-electron chi connectivity index (χ4n) is 6.19. The minimum atomic E-state index is -1.38. The van der Waals surface area contributed by atoms with Gasteiger partial charge in [0.15, 0.2) is 11.5 Å². The van der Waals surface area contributed by atoms with Crippen molar-refractivity contribution < 1.29 is 14.3 Å². The van der Waals surface area contributed by atoms with Crippen molar-refractivity contribution in [2.45, 2.75) is 56.3 Å². The molecule has 172 valence electrons. The molecular weight excluding hydrogens is 434 g/mol. The summed E-state index contributed by atoms with van der Waals surface area (Å²) in [6.45, 7) is 5.41. The Balaban J connectivity index is 1.52. The second kappa shape index (κ2) is 5.92. The number of nitrogens with one attached hydrogen (secondary N) is 2. The molecule has 0 saturated carbocycles. The lowest BCUT2D eigenvalue weighted by Crippen LogP contribution is -2.57. The normalized spacial score (nSPS) is 32.5. The molecule has 2 N–H and O–H groups in total. The van der Waals surface area contributed by atoms with Crippen LogP contribution in [0.3, 0.4) is 0 Å². The molecule has 0 radical (unpaired) electrons. The number of nitrogens with zero attached hydrogens (tertiary/aromatic N) is 3. The average Bonchev–Trinajstić information content (AvgIpc) is 3.08. The smallest absolute Gasteiger partial charge is 0.262 e. The zero-order chi connectivity index (χ0) is 23.6. The summed E-state index contributed by atoms with van der Waals surface area (Å²) in [5.41, 5.74) is -1.43. The van der Waals surface area contributed by atoms with Crippen molar-refractivity contribution in [2.24, 2.45) is 0 Å². The number of ether oxygens (including phenoxy) is 1. The van der Waals surface area contributed by atoms with Crippen LogP contribution in [0.15, 0.2) is 53.3 Å². The zero-order valence-electron chi connectivity index (χ0n) is 19.0. The van der Waals surface area contributed by atoms with Crippen LogP contribution in [0.4, 0.5) is 5.69 Å². The van der Waals surface area contributed by atoms with Crippen molar-refractivity contribution in [1.29, 1.82) is 0 Å². The molecule has 4 atom stereocenters. The Morgan fingerprint density at radius 1 is 1.03 bits per heavy atom. The molecule has 2 fully saturated rings. The van der Waals surface area contributed by atoms with Crippen LogP contribution in [0.25, 0.3) is 10.9 Å². The minimum absolute atomic E-state index is 0.0648. The van der Waals surface area contributed by atoms with Crippen molar-refractivity contribution in [3.8, 4) is 0 Å². The zero-order valence-corrected chi connectivity index (χ0v) is 19.0. The summed E-state index contributed by atoms with van der Waals surface area (Å²) in [5.74, 6) is -0.00670. The lowest BCUT2D eigenvalue weighted by atomic mass is 9.85. The number of hydrogen-bond donors (Lipinski definition) is 2. The molecule has 6 heterocycles. The highest BCUT2D eigenvalue weighted by molar-refractivity contribution is 6.05. The quantitative estimate of drug-likeness (QED) is 0.532. The van der Waals surface area contributed by atoms with Crippen LogP contribution in [0.2, 0.25) is 0 Å². The van der Waals surface area contributed by atoms with Gasteiger partial charge in [-0.15, -0.1) is 0 Å². The van der Waals surface area contributed by atoms with Gasteiger partial charge < -0.3 is 10.1 Å². The molecule has 2 bridgehead atoms. The van der Waals surface area contributed by atoms with Gasteiger partial charge >= 0.3 is 0 Å². The Kier molecular flexibility index (Phi) is 3.46. The average molecular weight is 457 g/mol. The molecule has 34 heavy (non-hydrogen) atoms. The molecule has 1 aromatic heterocycles. The monoisotopic (exact) mass is 457 g/mol. The SMILES string of the molecule is CC1(C)NC2N(C1=O)c1ccccc1[C@@]21C[C@@H]2C(=O)N[C@@](C)(O1)c1nc3ccccc3c(=O)n12. The fraction of sp³-hybridized carbons (Fsp3) is 0.360. The molecule has 2 saturated heterocycles. The number of fused-ring (bicyclic) bond motifs is 5. The second-order valence-corrected chi connectivity index (χ2v) is 10.2. The van der Waals surface area contributed by atoms with Gasteiger partial charge in [0.2, 0.25) is 11.8 Å². The van der Waals surface area contributed by atoms with E-state index in [-0.39, 0.29) is 23.8 Å². The van der Waals surface area contributed by atoms with Gasteiger partial charge in [-0.3, -0.25) is 29.2 Å². The van der Waals surface area contributed by atoms with E-state index in [0.29, 0.717) is 16.7 Å². The van der Waals surface area contributed by atoms with Crippen molar-refractivity contribution in [3.63, 3.8) is 0 Å². The number of anilines is 1. The Morgan fingerprint density at radius 3 is 2.59 bits per heavy atom. The van der Waals surface area contributed by atoms with Crippen molar-refractivity contribution in [3.05, 3.63) is 70.3 Å². The highest BCUT2D eigenvalue weighted by Crippen LogP contribution is 2.57. The number of carbonyl (C=O) groups excluding carboxylic acids is 2. The summed E-state index contributed by atoms with van der Waals surface area (Å²) >= 11 is 0. The number of benzene rings is 2. The Labute approximate surface area is 194 Å². The maximum atomic E-state index is 13.6. The first kappa shape index (κ1) is 19.9. The number of amides is 2. The molecule has 5 aliphatic rings. The van der Waals surface area contributed by atoms with Gasteiger partial charge in [-0.1, -0.05) is 30.3 Å². The van der Waals surface area contributed by atoms with Crippen LogP contribution in [-0.4, -0.2) is 33.1 Å². The van der Waals surface area contributed by atoms with Crippen LogP contribution in [0.1, 0.15) is 44.6 Å². The van der Waals surface area contributed by atoms with Crippen molar-refractivity contribution in [1.82, 2.24) is 20.2 Å². The molecule has 9 heteroatoms. The lowest BCUT2D eigenvalue weighted by molar-refractivity contribution is -0.181. The first-order valence-corrected chi connectivity index (χ1v) is 11.4. The molecule has 2 aromatic carbocycles. The molecular formula is C25H23N5O4. The number of aromatic nitrogens is 2. The van der Waals surface area contributed by atoms with Gasteiger partial charge in [0, 0.05) is 12.0 Å². The summed E-state index contributed by atoms with van der Waals surface area (Å²) in [6, 6.07) is 13.9. The molecule has 8 rings (SSSR count). The Hall–Kier alpha value is -3.56. The van der Waals surface area contributed by atoms with Gasteiger partial charge in [-0.05, 0) is 39.0 Å². The third-order valence-corrected chi connectivity index (χ3v) is 7.66. The van der Waals surface area contributed by atoms with Gasteiger partial charge in [-0.2, -0.15) is 0 Å². The maximum absolute atomic E-state index is 13.6. The number of rotatable bonds is 0. The third kappa shape index (κ3) is 2.17. The molecule has 2 amide bonds. The van der Waals surface area contributed by atoms with Gasteiger partial charge in [0.1, 0.15) is 17.8 Å². The predicted octanol–water partition coefficient (Wildman–Crippen LogP) is 1.61. The van der Waals surface area contributed by atoms with Crippen LogP contribution in [0.5, 0.6) is 0 Å². The van der Waals surface area contributed by atoms with Crippen LogP contribution in [0, 0.1) is 0 Å². The van der Waals surface area contributed by atoms with Crippen molar-refractivity contribution >= 4 is 28.4 Å². The summed E-state index contributed by atoms with van der Waals surface area (Å²) in [7, 11) is 0. The fourth-order valence-corrected chi connectivity index (χ4v) is 6.19. The topological polar surface area (TPSA) is 106 Å². The molecule has 1 unspecified atom stereocenters. The van der Waals surface area contributed by atoms with Crippen LogP contribution < -0.4 is 21.1 Å². The molecule has 5 aliphatic heterocycles. The maximum Gasteiger partial charge on any atom is 0.262 e. The first-order valence-electron chi connectivity index (χ1n) is 11.4. The standard InChI is InChI=1S/C25H23N5O4/c1-23(2)22(33)30-16-11-7-5-9-14(16)25(21(30)28-23)12-17-18(31)27-24(3,34-25)20-26-15-10-6-4-8-13(15)19(32)29(17)20/h4-11,17,21,28H,12H2,1-3H3,(H,27,31)/t17-,21?,24+,25+/m1/s1. The van der Waals surface area contributed by atoms with E-state index in [2.05, 4.69) is 10.6 Å². The van der Waals surface area contributed by atoms with E-state index in [9.17, 15) is 14.4 Å². The highest BCUT2D eigenvalue weighted by atomic mass is 16.5. The molecule has 9 nitrogen and oxygen atoms in total. The van der Waals surface area contributed by atoms with Gasteiger partial charge in [-0.25, -0.2) is 4.98 Å². The van der Waals surface area contributed by atoms with E-state index in [4.69, 9.17) is 9.72 Å². The molecule has 3 aromatic rings. The lowest BCUT2D eigenvalue weighted by Gasteiger charge is -2.40. The van der Waals surface area contributed by atoms with E-state index in [1.54, 1.807) is 30.0 Å². The van der Waals surface area contributed by atoms with Gasteiger partial charge in [0.05, 0.1) is 22.1 Å². The van der Waals surface area contributed by atoms with E-state index >= 15 is 0 Å². The number of carbonyl (C=O) groups is 2. The van der Waals surface area contributed by atoms with E-state index in [0.717, 1.165) is 11.3 Å². The van der Waals surface area contributed by atoms with E-state index < -0.39 is 29.1 Å². The second-order valence-electron chi connectivity index (χ2n) is 10.2. The summed E-state index contributed by atoms with van der Waals surface area (Å²) in [5, 5.41) is 6.89. The third-order valence-electron chi connectivity index (χ3n) is 7.66. The molecule has 0 aliphatic carbocycles. The van der Waals surface area contributed by atoms with Crippen molar-refractivity contribution in [2.75, 3.05) is 4.90 Å². The largest absolute Gasteiger partial charge is 0.334 e. The minimum Gasteiger partial charge on any atom is -0.334 e. The Bertz CT molecular complexity index is 1510. The van der Waals surface area contributed by atoms with E-state index in [1.807, 2.05) is 44.2 Å². The van der Waals surface area contributed by atoms with Crippen LogP contribution >= 0.6 is 0 Å². The summed E-state index contributed by atoms with van der Waals surface area (Å²) < 4.78 is 8.40. The predicted molar refractivity (Wildman–Crippen MR) is 123 cm³/mol. The van der Waals surface area contributed by atoms with Gasteiger partial charge in [0.25, 0.3) is 5.56 Å². The number of hydrogen-bond acceptors (Lipinski definition) is 6. The number of para-hydroxylation sites is 2. The summed E-state index contributed by atoms with van der Waals surface area (Å²) in [6.07, 6.45) is -0.364. The first-order chi connectivity index (χ1) is 16.2. The highest BCUT2D eigenvalue weighted by Gasteiger charge is 2.67.